The number of carbonyl (C=O) groups is 1. The molecule has 0 aromatic heterocycles. The first-order valence-electron chi connectivity index (χ1n) is 6.84. The number of rotatable bonds is 6. The zero-order chi connectivity index (χ0) is 16.4. The van der Waals surface area contributed by atoms with E-state index >= 15 is 0 Å². The molecule has 2 aromatic carbocycles. The fourth-order valence-electron chi connectivity index (χ4n) is 2.06. The fraction of sp³-hybridized carbons (Fsp3) is 0.267. The second-order valence-electron chi connectivity index (χ2n) is 5.11. The second-order valence-corrected chi connectivity index (χ2v) is 6.56. The lowest BCUT2D eigenvalue weighted by molar-refractivity contribution is -0.131. The molecule has 7 nitrogen and oxygen atoms in total. The van der Waals surface area contributed by atoms with Gasteiger partial charge in [-0.3, -0.25) is 9.35 Å². The molecule has 1 heterocycles. The van der Waals surface area contributed by atoms with Crippen LogP contribution in [0.25, 0.3) is 10.8 Å². The van der Waals surface area contributed by atoms with E-state index in [1.807, 2.05) is 6.07 Å². The van der Waals surface area contributed by atoms with Crippen molar-refractivity contribution in [2.45, 2.75) is 6.10 Å². The zero-order valence-electron chi connectivity index (χ0n) is 12.0. The Kier molecular flexibility index (Phi) is 4.20. The average molecular weight is 338 g/mol. The highest BCUT2D eigenvalue weighted by atomic mass is 32.2. The summed E-state index contributed by atoms with van der Waals surface area (Å²) in [6.45, 7) is 1.13. The first-order valence-corrected chi connectivity index (χ1v) is 8.45. The van der Waals surface area contributed by atoms with Crippen LogP contribution in [0.5, 0.6) is 11.5 Å². The van der Waals surface area contributed by atoms with Gasteiger partial charge in [-0.1, -0.05) is 18.2 Å². The van der Waals surface area contributed by atoms with Gasteiger partial charge in [-0.15, -0.1) is 0 Å². The van der Waals surface area contributed by atoms with Crippen molar-refractivity contribution in [1.82, 2.24) is 0 Å². The smallest absolute Gasteiger partial charge is 0.329 e. The molecule has 1 fully saturated rings. The Morgan fingerprint density at radius 3 is 2.78 bits per heavy atom. The van der Waals surface area contributed by atoms with Crippen LogP contribution >= 0.6 is 0 Å². The number of carbonyl (C=O) groups excluding carboxylic acids is 1. The molecule has 1 aliphatic rings. The van der Waals surface area contributed by atoms with Crippen LogP contribution in [0, 0.1) is 0 Å². The summed E-state index contributed by atoms with van der Waals surface area (Å²) in [6.07, 6.45) is 0.119. The van der Waals surface area contributed by atoms with Gasteiger partial charge >= 0.3 is 5.97 Å². The Balaban J connectivity index is 1.83. The Morgan fingerprint density at radius 2 is 2.09 bits per heavy atom. The molecular weight excluding hydrogens is 324 g/mol. The van der Waals surface area contributed by atoms with Crippen LogP contribution in [0.2, 0.25) is 0 Å². The molecule has 3 rings (SSSR count). The lowest BCUT2D eigenvalue weighted by Crippen LogP contribution is -2.20. The topological polar surface area (TPSA) is 102 Å². The maximum atomic E-state index is 11.6. The maximum absolute atomic E-state index is 11.6. The van der Waals surface area contributed by atoms with Gasteiger partial charge in [0.1, 0.15) is 24.2 Å². The fourth-order valence-corrected chi connectivity index (χ4v) is 2.41. The van der Waals surface area contributed by atoms with Crippen LogP contribution in [0.3, 0.4) is 0 Å². The van der Waals surface area contributed by atoms with E-state index in [0.717, 1.165) is 5.39 Å². The quantitative estimate of drug-likeness (QED) is 0.368. The Bertz CT molecular complexity index is 840. The number of hydrogen-bond donors (Lipinski definition) is 1. The Hall–Kier alpha value is -2.16. The molecule has 122 valence electrons. The van der Waals surface area contributed by atoms with Gasteiger partial charge in [-0.05, 0) is 23.6 Å². The first-order chi connectivity index (χ1) is 10.9. The average Bonchev–Trinajstić information content (AvgIpc) is 3.27. The lowest BCUT2D eigenvalue weighted by Gasteiger charge is -2.09. The molecule has 8 heteroatoms. The largest absolute Gasteiger partial charge is 0.491 e. The lowest BCUT2D eigenvalue weighted by atomic mass is 10.1. The summed E-state index contributed by atoms with van der Waals surface area (Å²) in [7, 11) is -4.43. The minimum absolute atomic E-state index is 0.119. The standard InChI is InChI=1S/C15H14O7S/c16-15(9-23(17,18)19)22-14-3-1-2-10-4-5-11(6-13(10)14)20-7-12-8-21-12/h1-6,12H,7-9H2,(H,17,18,19). The number of ether oxygens (including phenoxy) is 3. The highest BCUT2D eigenvalue weighted by Gasteiger charge is 2.23. The molecule has 1 unspecified atom stereocenters. The van der Waals surface area contributed by atoms with E-state index in [2.05, 4.69) is 0 Å². The molecule has 1 N–H and O–H groups in total. The van der Waals surface area contributed by atoms with Crippen LogP contribution in [0.15, 0.2) is 36.4 Å². The molecule has 0 radical (unpaired) electrons. The molecule has 0 bridgehead atoms. The number of esters is 1. The number of epoxide rings is 1. The van der Waals surface area contributed by atoms with Crippen molar-refractivity contribution in [3.8, 4) is 11.5 Å². The van der Waals surface area contributed by atoms with E-state index in [0.29, 0.717) is 24.3 Å². The van der Waals surface area contributed by atoms with Gasteiger partial charge in [-0.2, -0.15) is 8.42 Å². The summed E-state index contributed by atoms with van der Waals surface area (Å²) >= 11 is 0. The molecule has 1 aliphatic heterocycles. The first kappa shape index (κ1) is 15.7. The van der Waals surface area contributed by atoms with Gasteiger partial charge in [0.25, 0.3) is 10.1 Å². The SMILES string of the molecule is O=C(CS(=O)(=O)O)Oc1cccc2ccc(OCC3CO3)cc12. The van der Waals surface area contributed by atoms with Crippen LogP contribution < -0.4 is 9.47 Å². The van der Waals surface area contributed by atoms with Gasteiger partial charge in [0.15, 0.2) is 5.75 Å². The molecule has 0 spiro atoms. The molecular formula is C15H14O7S. The van der Waals surface area contributed by atoms with E-state index in [9.17, 15) is 13.2 Å². The third-order valence-corrected chi connectivity index (χ3v) is 3.78. The summed E-state index contributed by atoms with van der Waals surface area (Å²) in [6, 6.07) is 10.3. The molecule has 0 saturated carbocycles. The number of benzene rings is 2. The molecule has 1 saturated heterocycles. The van der Waals surface area contributed by atoms with E-state index < -0.39 is 21.8 Å². The summed E-state index contributed by atoms with van der Waals surface area (Å²) in [5.74, 6) is -1.37. The van der Waals surface area contributed by atoms with Gasteiger partial charge in [0, 0.05) is 5.39 Å². The van der Waals surface area contributed by atoms with Crippen molar-refractivity contribution >= 4 is 26.9 Å². The Labute approximate surface area is 132 Å². The second kappa shape index (κ2) is 6.15. The molecule has 1 atom stereocenters. The van der Waals surface area contributed by atoms with Crippen LogP contribution in [0.1, 0.15) is 0 Å². The molecule has 23 heavy (non-hydrogen) atoms. The van der Waals surface area contributed by atoms with Crippen LogP contribution in [-0.2, 0) is 19.6 Å². The minimum atomic E-state index is -4.43. The zero-order valence-corrected chi connectivity index (χ0v) is 12.8. The van der Waals surface area contributed by atoms with E-state index in [1.165, 1.54) is 6.07 Å². The van der Waals surface area contributed by atoms with Crippen LogP contribution in [0.4, 0.5) is 0 Å². The molecule has 2 aromatic rings. The number of hydrogen-bond acceptors (Lipinski definition) is 6. The number of fused-ring (bicyclic) bond motifs is 1. The predicted octanol–water partition coefficient (Wildman–Crippen LogP) is 1.41. The normalized spacial score (nSPS) is 17.0. The van der Waals surface area contributed by atoms with Crippen molar-refractivity contribution < 1.29 is 32.0 Å². The van der Waals surface area contributed by atoms with E-state index in [4.69, 9.17) is 18.8 Å². The summed E-state index contributed by atoms with van der Waals surface area (Å²) in [4.78, 5) is 11.6. The maximum Gasteiger partial charge on any atom is 0.329 e. The Morgan fingerprint density at radius 1 is 1.30 bits per heavy atom. The highest BCUT2D eigenvalue weighted by Crippen LogP contribution is 2.29. The van der Waals surface area contributed by atoms with Gasteiger partial charge in [-0.25, -0.2) is 0 Å². The van der Waals surface area contributed by atoms with E-state index in [1.54, 1.807) is 24.3 Å². The molecule has 0 aliphatic carbocycles. The summed E-state index contributed by atoms with van der Waals surface area (Å²) in [5.41, 5.74) is 0. The van der Waals surface area contributed by atoms with Gasteiger partial charge in [0.05, 0.1) is 6.61 Å². The van der Waals surface area contributed by atoms with Crippen molar-refractivity contribution in [2.24, 2.45) is 0 Å². The minimum Gasteiger partial charge on any atom is -0.491 e. The van der Waals surface area contributed by atoms with Gasteiger partial charge in [0.2, 0.25) is 0 Å². The molecule has 0 amide bonds. The van der Waals surface area contributed by atoms with Crippen molar-refractivity contribution in [3.63, 3.8) is 0 Å². The highest BCUT2D eigenvalue weighted by molar-refractivity contribution is 7.86. The van der Waals surface area contributed by atoms with Gasteiger partial charge < -0.3 is 14.2 Å². The van der Waals surface area contributed by atoms with Crippen molar-refractivity contribution in [3.05, 3.63) is 36.4 Å². The van der Waals surface area contributed by atoms with Crippen LogP contribution in [-0.4, -0.2) is 44.0 Å². The third-order valence-electron chi connectivity index (χ3n) is 3.18. The predicted molar refractivity (Wildman–Crippen MR) is 81.2 cm³/mol. The van der Waals surface area contributed by atoms with E-state index in [-0.39, 0.29) is 11.9 Å². The third kappa shape index (κ3) is 4.41. The summed E-state index contributed by atoms with van der Waals surface area (Å²) < 4.78 is 45.8. The van der Waals surface area contributed by atoms with Crippen molar-refractivity contribution in [2.75, 3.05) is 19.0 Å². The monoisotopic (exact) mass is 338 g/mol. The van der Waals surface area contributed by atoms with Crippen molar-refractivity contribution in [1.29, 1.82) is 0 Å². The summed E-state index contributed by atoms with van der Waals surface area (Å²) in [5, 5.41) is 1.41.